The van der Waals surface area contributed by atoms with Gasteiger partial charge in [0.05, 0.1) is 6.42 Å². The highest BCUT2D eigenvalue weighted by atomic mass is 79.9. The summed E-state index contributed by atoms with van der Waals surface area (Å²) in [5, 5.41) is 3.09. The summed E-state index contributed by atoms with van der Waals surface area (Å²) in [7, 11) is 0. The maximum absolute atomic E-state index is 13.6. The summed E-state index contributed by atoms with van der Waals surface area (Å²) >= 11 is 3.52. The van der Waals surface area contributed by atoms with Gasteiger partial charge in [0.15, 0.2) is 0 Å². The van der Waals surface area contributed by atoms with Crippen LogP contribution in [0.15, 0.2) is 89.4 Å². The van der Waals surface area contributed by atoms with Gasteiger partial charge in [-0.1, -0.05) is 88.7 Å². The molecule has 0 saturated carbocycles. The average molecular weight is 507 g/mol. The van der Waals surface area contributed by atoms with Gasteiger partial charge in [-0.05, 0) is 49.6 Å². The van der Waals surface area contributed by atoms with Crippen LogP contribution in [-0.4, -0.2) is 28.3 Å². The smallest absolute Gasteiger partial charge is 0.243 e. The highest BCUT2D eigenvalue weighted by molar-refractivity contribution is 9.10. The molecule has 0 aliphatic carbocycles. The number of nitrogens with zero attached hydrogens (tertiary/aromatic N) is 1. The Labute approximate surface area is 205 Å². The van der Waals surface area contributed by atoms with Gasteiger partial charge in [0, 0.05) is 23.0 Å². The Morgan fingerprint density at radius 3 is 2.00 bits per heavy atom. The Morgan fingerprint density at radius 2 is 1.42 bits per heavy atom. The molecule has 5 heteroatoms. The summed E-state index contributed by atoms with van der Waals surface area (Å²) < 4.78 is 0.939. The number of halogens is 1. The van der Waals surface area contributed by atoms with Gasteiger partial charge in [-0.3, -0.25) is 9.59 Å². The minimum Gasteiger partial charge on any atom is -0.350 e. The number of carbonyl (C=O) groups is 2. The largest absolute Gasteiger partial charge is 0.350 e. The lowest BCUT2D eigenvalue weighted by Gasteiger charge is -2.34. The van der Waals surface area contributed by atoms with E-state index in [2.05, 4.69) is 21.2 Å². The van der Waals surface area contributed by atoms with Crippen molar-refractivity contribution in [2.24, 2.45) is 0 Å². The summed E-state index contributed by atoms with van der Waals surface area (Å²) in [6.07, 6.45) is 0.681. The molecule has 0 bridgehead atoms. The van der Waals surface area contributed by atoms with Crippen LogP contribution in [-0.2, 0) is 29.0 Å². The zero-order valence-electron chi connectivity index (χ0n) is 19.4. The lowest BCUT2D eigenvalue weighted by Crippen LogP contribution is -2.54. The van der Waals surface area contributed by atoms with Gasteiger partial charge in [0.1, 0.15) is 6.04 Å². The first-order chi connectivity index (χ1) is 15.7. The van der Waals surface area contributed by atoms with E-state index in [9.17, 15) is 9.59 Å². The van der Waals surface area contributed by atoms with Crippen molar-refractivity contribution >= 4 is 27.7 Å². The monoisotopic (exact) mass is 506 g/mol. The molecule has 2 amide bonds. The number of rotatable bonds is 8. The molecule has 0 radical (unpaired) electrons. The minimum atomic E-state index is -0.637. The molecule has 172 valence electrons. The van der Waals surface area contributed by atoms with Crippen LogP contribution in [0.3, 0.4) is 0 Å². The number of carbonyl (C=O) groups excluding carboxylic acids is 2. The van der Waals surface area contributed by atoms with E-state index < -0.39 is 11.6 Å². The topological polar surface area (TPSA) is 49.4 Å². The molecule has 0 aromatic heterocycles. The SMILES string of the molecule is CC(C)(C)NC(=O)C(Cc1ccccc1)N(Cc1cccc(Br)c1)C(=O)Cc1ccccc1. The molecule has 0 spiro atoms. The summed E-state index contributed by atoms with van der Waals surface area (Å²) in [4.78, 5) is 28.9. The fourth-order valence-electron chi connectivity index (χ4n) is 3.71. The molecule has 1 atom stereocenters. The second kappa shape index (κ2) is 11.3. The molecule has 3 aromatic rings. The van der Waals surface area contributed by atoms with Gasteiger partial charge in [-0.15, -0.1) is 0 Å². The van der Waals surface area contributed by atoms with Crippen molar-refractivity contribution in [2.75, 3.05) is 0 Å². The first-order valence-electron chi connectivity index (χ1n) is 11.1. The maximum atomic E-state index is 13.6. The quantitative estimate of drug-likeness (QED) is 0.435. The van der Waals surface area contributed by atoms with Crippen LogP contribution in [0.5, 0.6) is 0 Å². The minimum absolute atomic E-state index is 0.0776. The highest BCUT2D eigenvalue weighted by Gasteiger charge is 2.32. The van der Waals surface area contributed by atoms with E-state index in [0.717, 1.165) is 21.2 Å². The van der Waals surface area contributed by atoms with E-state index >= 15 is 0 Å². The van der Waals surface area contributed by atoms with Crippen LogP contribution in [0, 0.1) is 0 Å². The molecular weight excluding hydrogens is 476 g/mol. The van der Waals surface area contributed by atoms with Crippen LogP contribution in [0.4, 0.5) is 0 Å². The van der Waals surface area contributed by atoms with Crippen molar-refractivity contribution in [3.8, 4) is 0 Å². The van der Waals surface area contributed by atoms with Crippen molar-refractivity contribution in [3.63, 3.8) is 0 Å². The van der Waals surface area contributed by atoms with Crippen molar-refractivity contribution < 1.29 is 9.59 Å². The third-order valence-corrected chi connectivity index (χ3v) is 5.70. The second-order valence-corrected chi connectivity index (χ2v) is 10.2. The molecule has 4 nitrogen and oxygen atoms in total. The summed E-state index contributed by atoms with van der Waals surface area (Å²) in [5.41, 5.74) is 2.50. The molecule has 0 aliphatic heterocycles. The lowest BCUT2D eigenvalue weighted by molar-refractivity contribution is -0.141. The van der Waals surface area contributed by atoms with Crippen LogP contribution < -0.4 is 5.32 Å². The predicted octanol–water partition coefficient (Wildman–Crippen LogP) is 5.55. The number of nitrogens with one attached hydrogen (secondary N) is 1. The van der Waals surface area contributed by atoms with Gasteiger partial charge in [-0.25, -0.2) is 0 Å². The molecule has 0 heterocycles. The van der Waals surface area contributed by atoms with Crippen LogP contribution in [0.1, 0.15) is 37.5 Å². The molecule has 0 fully saturated rings. The summed E-state index contributed by atoms with van der Waals surface area (Å²) in [6.45, 7) is 6.21. The molecule has 1 unspecified atom stereocenters. The van der Waals surface area contributed by atoms with Crippen LogP contribution >= 0.6 is 15.9 Å². The average Bonchev–Trinajstić information content (AvgIpc) is 2.76. The standard InChI is InChI=1S/C28H31BrN2O2/c1-28(2,3)30-27(33)25(18-21-11-6-4-7-12-21)31(20-23-15-10-16-24(29)17-23)26(32)19-22-13-8-5-9-14-22/h4-17,25H,18-20H2,1-3H3,(H,30,33). The second-order valence-electron chi connectivity index (χ2n) is 9.26. The van der Waals surface area contributed by atoms with E-state index in [1.165, 1.54) is 0 Å². The van der Waals surface area contributed by atoms with Crippen LogP contribution in [0.2, 0.25) is 0 Å². The lowest BCUT2D eigenvalue weighted by atomic mass is 10.00. The van der Waals surface area contributed by atoms with Gasteiger partial charge < -0.3 is 10.2 Å². The Kier molecular flexibility index (Phi) is 8.45. The molecule has 3 rings (SSSR count). The number of hydrogen-bond acceptors (Lipinski definition) is 2. The highest BCUT2D eigenvalue weighted by Crippen LogP contribution is 2.19. The Bertz CT molecular complexity index is 1060. The van der Waals surface area contributed by atoms with E-state index in [0.29, 0.717) is 13.0 Å². The van der Waals surface area contributed by atoms with Crippen molar-refractivity contribution in [3.05, 3.63) is 106 Å². The maximum Gasteiger partial charge on any atom is 0.243 e. The Balaban J connectivity index is 1.98. The van der Waals surface area contributed by atoms with E-state index in [1.54, 1.807) is 4.90 Å². The zero-order chi connectivity index (χ0) is 23.8. The van der Waals surface area contributed by atoms with Crippen LogP contribution in [0.25, 0.3) is 0 Å². The van der Waals surface area contributed by atoms with Crippen molar-refractivity contribution in [1.29, 1.82) is 0 Å². The Morgan fingerprint density at radius 1 is 0.848 bits per heavy atom. The molecule has 0 saturated heterocycles. The molecule has 1 N–H and O–H groups in total. The summed E-state index contributed by atoms with van der Waals surface area (Å²) in [5.74, 6) is -0.228. The van der Waals surface area contributed by atoms with Gasteiger partial charge in [0.25, 0.3) is 0 Å². The summed E-state index contributed by atoms with van der Waals surface area (Å²) in [6, 6.07) is 26.8. The third kappa shape index (κ3) is 7.86. The van der Waals surface area contributed by atoms with Crippen molar-refractivity contribution in [1.82, 2.24) is 10.2 Å². The third-order valence-electron chi connectivity index (χ3n) is 5.21. The van der Waals surface area contributed by atoms with E-state index in [1.807, 2.05) is 106 Å². The van der Waals surface area contributed by atoms with Crippen molar-refractivity contribution in [2.45, 2.75) is 51.7 Å². The molecule has 0 aliphatic rings. The number of amides is 2. The molecule has 3 aromatic carbocycles. The molecule has 33 heavy (non-hydrogen) atoms. The van der Waals surface area contributed by atoms with Gasteiger partial charge in [0.2, 0.25) is 11.8 Å². The zero-order valence-corrected chi connectivity index (χ0v) is 21.0. The van der Waals surface area contributed by atoms with E-state index in [-0.39, 0.29) is 18.2 Å². The van der Waals surface area contributed by atoms with E-state index in [4.69, 9.17) is 0 Å². The van der Waals surface area contributed by atoms with Gasteiger partial charge in [-0.2, -0.15) is 0 Å². The van der Waals surface area contributed by atoms with Gasteiger partial charge >= 0.3 is 0 Å². The predicted molar refractivity (Wildman–Crippen MR) is 137 cm³/mol. The first-order valence-corrected chi connectivity index (χ1v) is 11.9. The molecular formula is C28H31BrN2O2. The number of hydrogen-bond donors (Lipinski definition) is 1. The fourth-order valence-corrected chi connectivity index (χ4v) is 4.16. The normalized spacial score (nSPS) is 12.1. The first kappa shape index (κ1) is 24.7. The fraction of sp³-hybridized carbons (Fsp3) is 0.286. The Hall–Kier alpha value is -2.92. The number of benzene rings is 3.